The quantitative estimate of drug-likeness (QED) is 0.854. The Morgan fingerprint density at radius 3 is 2.86 bits per heavy atom. The maximum Gasteiger partial charge on any atom is 0.237 e. The first-order valence-electron chi connectivity index (χ1n) is 8.06. The van der Waals surface area contributed by atoms with Gasteiger partial charge in [-0.25, -0.2) is 0 Å². The summed E-state index contributed by atoms with van der Waals surface area (Å²) in [4.78, 5) is 16.6. The van der Waals surface area contributed by atoms with Crippen LogP contribution in [0.4, 0.5) is 0 Å². The largest absolute Gasteiger partial charge is 0.370 e. The lowest BCUT2D eigenvalue weighted by molar-refractivity contribution is -0.122. The molecule has 116 valence electrons. The standard InChI is InChI=1S/C16H24N2O3/c1-11-6-5-9-16(10-11,20-2)15-17-14(21-18-15)12-7-3-4-8-13(12)19/h11-12H,3-10H2,1-2H3. The van der Waals surface area contributed by atoms with E-state index in [9.17, 15) is 4.79 Å². The van der Waals surface area contributed by atoms with E-state index in [0.29, 0.717) is 24.1 Å². The number of hydrogen-bond acceptors (Lipinski definition) is 5. The van der Waals surface area contributed by atoms with E-state index in [1.807, 2.05) is 0 Å². The molecule has 3 atom stereocenters. The highest BCUT2D eigenvalue weighted by Gasteiger charge is 2.42. The van der Waals surface area contributed by atoms with Crippen LogP contribution >= 0.6 is 0 Å². The molecule has 5 nitrogen and oxygen atoms in total. The summed E-state index contributed by atoms with van der Waals surface area (Å²) < 4.78 is 11.2. The van der Waals surface area contributed by atoms with Crippen LogP contribution in [0.5, 0.6) is 0 Å². The first-order valence-corrected chi connectivity index (χ1v) is 8.06. The molecule has 0 bridgehead atoms. The zero-order valence-corrected chi connectivity index (χ0v) is 12.9. The second kappa shape index (κ2) is 5.87. The molecule has 0 spiro atoms. The van der Waals surface area contributed by atoms with E-state index in [2.05, 4.69) is 17.1 Å². The van der Waals surface area contributed by atoms with Gasteiger partial charge in [0.1, 0.15) is 11.4 Å². The van der Waals surface area contributed by atoms with Gasteiger partial charge in [0.25, 0.3) is 0 Å². The number of nitrogens with zero attached hydrogens (tertiary/aromatic N) is 2. The first-order chi connectivity index (χ1) is 10.1. The van der Waals surface area contributed by atoms with E-state index < -0.39 is 5.60 Å². The molecule has 0 radical (unpaired) electrons. The monoisotopic (exact) mass is 292 g/mol. The molecule has 1 heterocycles. The average molecular weight is 292 g/mol. The van der Waals surface area contributed by atoms with Crippen LogP contribution in [0.3, 0.4) is 0 Å². The number of methoxy groups -OCH3 is 1. The maximum absolute atomic E-state index is 12.0. The van der Waals surface area contributed by atoms with Crippen LogP contribution in [0.1, 0.15) is 75.9 Å². The first kappa shape index (κ1) is 14.7. The van der Waals surface area contributed by atoms with Crippen molar-refractivity contribution in [3.8, 4) is 0 Å². The van der Waals surface area contributed by atoms with Crippen molar-refractivity contribution in [2.45, 2.75) is 69.8 Å². The molecular weight excluding hydrogens is 268 g/mol. The summed E-state index contributed by atoms with van der Waals surface area (Å²) in [6.45, 7) is 2.23. The van der Waals surface area contributed by atoms with Crippen LogP contribution in [0.2, 0.25) is 0 Å². The van der Waals surface area contributed by atoms with Crippen molar-refractivity contribution < 1.29 is 14.1 Å². The zero-order valence-electron chi connectivity index (χ0n) is 12.9. The Kier molecular flexibility index (Phi) is 4.11. The van der Waals surface area contributed by atoms with E-state index >= 15 is 0 Å². The molecule has 1 aromatic rings. The van der Waals surface area contributed by atoms with Gasteiger partial charge in [-0.3, -0.25) is 4.79 Å². The van der Waals surface area contributed by atoms with Gasteiger partial charge < -0.3 is 9.26 Å². The molecule has 0 amide bonds. The van der Waals surface area contributed by atoms with Gasteiger partial charge in [0, 0.05) is 13.5 Å². The van der Waals surface area contributed by atoms with Gasteiger partial charge in [0.2, 0.25) is 11.7 Å². The summed E-state index contributed by atoms with van der Waals surface area (Å²) in [6.07, 6.45) is 7.67. The minimum Gasteiger partial charge on any atom is -0.370 e. The fourth-order valence-corrected chi connectivity index (χ4v) is 3.79. The van der Waals surface area contributed by atoms with Crippen molar-refractivity contribution in [1.29, 1.82) is 0 Å². The molecule has 2 aliphatic rings. The molecule has 1 aromatic heterocycles. The van der Waals surface area contributed by atoms with Gasteiger partial charge >= 0.3 is 0 Å². The number of ether oxygens (including phenoxy) is 1. The Hall–Kier alpha value is -1.23. The second-order valence-electron chi connectivity index (χ2n) is 6.62. The molecule has 5 heteroatoms. The summed E-state index contributed by atoms with van der Waals surface area (Å²) >= 11 is 0. The van der Waals surface area contributed by atoms with E-state index in [4.69, 9.17) is 9.26 Å². The Bertz CT molecular complexity index is 513. The molecule has 3 rings (SSSR count). The predicted molar refractivity (Wildman–Crippen MR) is 76.8 cm³/mol. The van der Waals surface area contributed by atoms with Gasteiger partial charge in [0.05, 0.1) is 5.92 Å². The van der Waals surface area contributed by atoms with Gasteiger partial charge in [-0.2, -0.15) is 4.98 Å². The molecule has 2 fully saturated rings. The normalized spacial score (nSPS) is 34.1. The van der Waals surface area contributed by atoms with Gasteiger partial charge in [-0.15, -0.1) is 0 Å². The third kappa shape index (κ3) is 2.76. The van der Waals surface area contributed by atoms with E-state index in [1.165, 1.54) is 6.42 Å². The summed E-state index contributed by atoms with van der Waals surface area (Å²) in [5.41, 5.74) is -0.433. The number of hydrogen-bond donors (Lipinski definition) is 0. The zero-order chi connectivity index (χ0) is 14.9. The summed E-state index contributed by atoms with van der Waals surface area (Å²) in [5.74, 6) is 1.75. The minimum absolute atomic E-state index is 0.199. The number of rotatable bonds is 3. The minimum atomic E-state index is -0.433. The highest BCUT2D eigenvalue weighted by molar-refractivity contribution is 5.85. The summed E-state index contributed by atoms with van der Waals surface area (Å²) in [5, 5.41) is 4.16. The molecule has 2 aliphatic carbocycles. The van der Waals surface area contributed by atoms with Crippen LogP contribution in [0.15, 0.2) is 4.52 Å². The average Bonchev–Trinajstić information content (AvgIpc) is 2.98. The smallest absolute Gasteiger partial charge is 0.237 e. The number of Topliss-reactive ketones (excluding diaryl/α,β-unsaturated/α-hetero) is 1. The number of carbonyl (C=O) groups excluding carboxylic acids is 1. The Morgan fingerprint density at radius 2 is 2.14 bits per heavy atom. The molecule has 0 aromatic carbocycles. The van der Waals surface area contributed by atoms with E-state index in [-0.39, 0.29) is 11.7 Å². The Morgan fingerprint density at radius 1 is 1.29 bits per heavy atom. The summed E-state index contributed by atoms with van der Waals surface area (Å²) in [7, 11) is 1.72. The van der Waals surface area contributed by atoms with Crippen LogP contribution < -0.4 is 0 Å². The van der Waals surface area contributed by atoms with Crippen molar-refractivity contribution in [3.05, 3.63) is 11.7 Å². The summed E-state index contributed by atoms with van der Waals surface area (Å²) in [6, 6.07) is 0. The number of ketones is 1. The van der Waals surface area contributed by atoms with Crippen molar-refractivity contribution in [2.24, 2.45) is 5.92 Å². The molecular formula is C16H24N2O3. The van der Waals surface area contributed by atoms with Crippen LogP contribution in [0, 0.1) is 5.92 Å². The molecule has 0 N–H and O–H groups in total. The third-order valence-electron chi connectivity index (χ3n) is 5.05. The molecule has 0 saturated heterocycles. The highest BCUT2D eigenvalue weighted by Crippen LogP contribution is 2.42. The lowest BCUT2D eigenvalue weighted by atomic mass is 9.78. The topological polar surface area (TPSA) is 65.2 Å². The number of carbonyl (C=O) groups is 1. The molecule has 2 saturated carbocycles. The fourth-order valence-electron chi connectivity index (χ4n) is 3.79. The van der Waals surface area contributed by atoms with Crippen molar-refractivity contribution in [1.82, 2.24) is 10.1 Å². The second-order valence-corrected chi connectivity index (χ2v) is 6.62. The Labute approximate surface area is 125 Å². The molecule has 0 aliphatic heterocycles. The van der Waals surface area contributed by atoms with Gasteiger partial charge in [-0.05, 0) is 38.0 Å². The number of aromatic nitrogens is 2. The van der Waals surface area contributed by atoms with Crippen LogP contribution in [0.25, 0.3) is 0 Å². The maximum atomic E-state index is 12.0. The lowest BCUT2D eigenvalue weighted by Gasteiger charge is -2.36. The van der Waals surface area contributed by atoms with Gasteiger partial charge in [-0.1, -0.05) is 24.9 Å². The lowest BCUT2D eigenvalue weighted by Crippen LogP contribution is -2.35. The predicted octanol–water partition coefficient (Wildman–Crippen LogP) is 3.35. The molecule has 3 unspecified atom stereocenters. The van der Waals surface area contributed by atoms with Crippen molar-refractivity contribution >= 4 is 5.78 Å². The van der Waals surface area contributed by atoms with Crippen molar-refractivity contribution in [3.63, 3.8) is 0 Å². The van der Waals surface area contributed by atoms with Crippen LogP contribution in [-0.2, 0) is 15.1 Å². The molecule has 21 heavy (non-hydrogen) atoms. The third-order valence-corrected chi connectivity index (χ3v) is 5.05. The van der Waals surface area contributed by atoms with Crippen molar-refractivity contribution in [2.75, 3.05) is 7.11 Å². The van der Waals surface area contributed by atoms with E-state index in [0.717, 1.165) is 38.5 Å². The SMILES string of the molecule is COC1(c2noc(C3CCCCC3=O)n2)CCCC(C)C1. The van der Waals surface area contributed by atoms with Gasteiger partial charge in [0.15, 0.2) is 0 Å². The van der Waals surface area contributed by atoms with E-state index in [1.54, 1.807) is 7.11 Å². The highest BCUT2D eigenvalue weighted by atomic mass is 16.5. The van der Waals surface area contributed by atoms with Crippen LogP contribution in [-0.4, -0.2) is 23.0 Å². The fraction of sp³-hybridized carbons (Fsp3) is 0.812. The Balaban J connectivity index is 1.84.